The molecule has 0 spiro atoms. The Kier molecular flexibility index (Phi) is 3.59. The van der Waals surface area contributed by atoms with Gasteiger partial charge in [-0.05, 0) is 4.92 Å². The molecule has 2 aromatic rings. The molecule has 0 saturated heterocycles. The van der Waals surface area contributed by atoms with E-state index in [2.05, 4.69) is 15.2 Å². The lowest BCUT2D eigenvalue weighted by Crippen LogP contribution is -2.29. The summed E-state index contributed by atoms with van der Waals surface area (Å²) in [6, 6.07) is 0. The highest BCUT2D eigenvalue weighted by molar-refractivity contribution is 7.18. The van der Waals surface area contributed by atoms with Crippen molar-refractivity contribution in [1.82, 2.24) is 19.7 Å². The molecule has 2 heterocycles. The van der Waals surface area contributed by atoms with Gasteiger partial charge in [-0.1, -0.05) is 11.3 Å². The second-order valence-electron chi connectivity index (χ2n) is 3.62. The SMILES string of the molecule is Cn1c([N+](=O)[O-])cnc1-c1nnc(NC(=O)C(F)(F)F)s1. The standard InChI is InChI=1S/C8H5F3N6O3S/c1-16-3(17(19)20)2-12-4(16)5-14-15-7(21-5)13-6(18)8(9,10)11/h2H,1H3,(H,13,15,18). The first-order valence-corrected chi connectivity index (χ1v) is 5.90. The number of nitrogens with zero attached hydrogens (tertiary/aromatic N) is 5. The Labute approximate surface area is 117 Å². The number of rotatable bonds is 3. The van der Waals surface area contributed by atoms with Crippen LogP contribution < -0.4 is 5.32 Å². The first kappa shape index (κ1) is 14.8. The molecule has 9 nitrogen and oxygen atoms in total. The number of halogens is 3. The molecule has 0 bridgehead atoms. The number of hydrogen-bond acceptors (Lipinski definition) is 7. The second-order valence-corrected chi connectivity index (χ2v) is 4.60. The summed E-state index contributed by atoms with van der Waals surface area (Å²) in [5, 5.41) is 18.7. The molecule has 0 radical (unpaired) electrons. The van der Waals surface area contributed by atoms with Crippen molar-refractivity contribution in [2.24, 2.45) is 7.05 Å². The summed E-state index contributed by atoms with van der Waals surface area (Å²) in [4.78, 5) is 24.5. The molecule has 0 aliphatic carbocycles. The Morgan fingerprint density at radius 1 is 1.48 bits per heavy atom. The third-order valence-corrected chi connectivity index (χ3v) is 3.08. The van der Waals surface area contributed by atoms with Crippen molar-refractivity contribution >= 4 is 28.2 Å². The van der Waals surface area contributed by atoms with E-state index < -0.39 is 22.1 Å². The number of amides is 1. The van der Waals surface area contributed by atoms with Crippen LogP contribution in [0.15, 0.2) is 6.20 Å². The summed E-state index contributed by atoms with van der Waals surface area (Å²) < 4.78 is 37.3. The van der Waals surface area contributed by atoms with Gasteiger partial charge in [0.05, 0.1) is 7.05 Å². The van der Waals surface area contributed by atoms with Crippen molar-refractivity contribution in [3.63, 3.8) is 0 Å². The quantitative estimate of drug-likeness (QED) is 0.673. The van der Waals surface area contributed by atoms with Crippen LogP contribution in [0.4, 0.5) is 24.1 Å². The molecule has 21 heavy (non-hydrogen) atoms. The van der Waals surface area contributed by atoms with Gasteiger partial charge in [0.1, 0.15) is 6.20 Å². The van der Waals surface area contributed by atoms with Crippen LogP contribution in [0.25, 0.3) is 10.8 Å². The third kappa shape index (κ3) is 2.96. The van der Waals surface area contributed by atoms with E-state index in [0.29, 0.717) is 11.3 Å². The topological polar surface area (TPSA) is 116 Å². The number of carbonyl (C=O) groups excluding carboxylic acids is 1. The number of nitro groups is 1. The highest BCUT2D eigenvalue weighted by atomic mass is 32.1. The van der Waals surface area contributed by atoms with E-state index in [1.54, 1.807) is 0 Å². The third-order valence-electron chi connectivity index (χ3n) is 2.24. The van der Waals surface area contributed by atoms with Gasteiger partial charge in [-0.25, -0.2) is 9.55 Å². The molecular formula is C8H5F3N6O3S. The van der Waals surface area contributed by atoms with Gasteiger partial charge in [0.25, 0.3) is 5.82 Å². The van der Waals surface area contributed by atoms with Crippen molar-refractivity contribution in [2.75, 3.05) is 5.32 Å². The molecule has 0 aliphatic heterocycles. The van der Waals surface area contributed by atoms with Gasteiger partial charge in [-0.2, -0.15) is 13.2 Å². The minimum Gasteiger partial charge on any atom is -0.358 e. The number of anilines is 1. The molecule has 0 fully saturated rings. The average Bonchev–Trinajstić information content (AvgIpc) is 2.94. The van der Waals surface area contributed by atoms with Gasteiger partial charge in [-0.3, -0.25) is 10.1 Å². The van der Waals surface area contributed by atoms with Crippen molar-refractivity contribution in [3.8, 4) is 10.8 Å². The summed E-state index contributed by atoms with van der Waals surface area (Å²) in [6.45, 7) is 0. The number of nitrogens with one attached hydrogen (secondary N) is 1. The minimum atomic E-state index is -5.05. The number of aromatic nitrogens is 4. The van der Waals surface area contributed by atoms with E-state index in [0.717, 1.165) is 10.8 Å². The zero-order valence-electron chi connectivity index (χ0n) is 10.1. The Hall–Kier alpha value is -2.57. The fourth-order valence-corrected chi connectivity index (χ4v) is 2.07. The molecule has 0 aromatic carbocycles. The van der Waals surface area contributed by atoms with Gasteiger partial charge < -0.3 is 10.1 Å². The zero-order valence-corrected chi connectivity index (χ0v) is 10.9. The van der Waals surface area contributed by atoms with Crippen LogP contribution in [0, 0.1) is 10.1 Å². The first-order chi connectivity index (χ1) is 9.70. The number of hydrogen-bond donors (Lipinski definition) is 1. The first-order valence-electron chi connectivity index (χ1n) is 5.08. The lowest BCUT2D eigenvalue weighted by Gasteiger charge is -2.03. The molecule has 1 N–H and O–H groups in total. The van der Waals surface area contributed by atoms with Crippen molar-refractivity contribution in [1.29, 1.82) is 0 Å². The summed E-state index contributed by atoms with van der Waals surface area (Å²) in [5.74, 6) is -2.45. The molecule has 2 aromatic heterocycles. The largest absolute Gasteiger partial charge is 0.471 e. The molecule has 2 rings (SSSR count). The molecule has 0 atom stereocenters. The van der Waals surface area contributed by atoms with E-state index in [1.165, 1.54) is 12.4 Å². The molecule has 13 heteroatoms. The van der Waals surface area contributed by atoms with E-state index >= 15 is 0 Å². The zero-order chi connectivity index (χ0) is 15.8. The molecule has 112 valence electrons. The van der Waals surface area contributed by atoms with E-state index in [9.17, 15) is 28.1 Å². The predicted molar refractivity (Wildman–Crippen MR) is 63.5 cm³/mol. The number of alkyl halides is 3. The maximum Gasteiger partial charge on any atom is 0.471 e. The number of carbonyl (C=O) groups is 1. The van der Waals surface area contributed by atoms with Gasteiger partial charge >= 0.3 is 17.9 Å². The monoisotopic (exact) mass is 322 g/mol. The van der Waals surface area contributed by atoms with Crippen LogP contribution in [0.1, 0.15) is 0 Å². The summed E-state index contributed by atoms with van der Waals surface area (Å²) in [6.07, 6.45) is -4.07. The Morgan fingerprint density at radius 3 is 2.67 bits per heavy atom. The molecule has 1 amide bonds. The van der Waals surface area contributed by atoms with E-state index in [-0.39, 0.29) is 16.6 Å². The smallest absolute Gasteiger partial charge is 0.358 e. The summed E-state index contributed by atoms with van der Waals surface area (Å²) in [7, 11) is 1.34. The van der Waals surface area contributed by atoms with Crippen LogP contribution in [-0.4, -0.2) is 36.8 Å². The summed E-state index contributed by atoms with van der Waals surface area (Å²) >= 11 is 0.610. The number of imidazole rings is 1. The molecule has 0 aliphatic rings. The highest BCUT2D eigenvalue weighted by Crippen LogP contribution is 2.28. The van der Waals surface area contributed by atoms with Gasteiger partial charge in [0, 0.05) is 0 Å². The normalized spacial score (nSPS) is 11.4. The predicted octanol–water partition coefficient (Wildman–Crippen LogP) is 1.35. The van der Waals surface area contributed by atoms with Gasteiger partial charge in [0.2, 0.25) is 10.1 Å². The fourth-order valence-electron chi connectivity index (χ4n) is 1.30. The Balaban J connectivity index is 2.25. The van der Waals surface area contributed by atoms with E-state index in [4.69, 9.17) is 0 Å². The maximum atomic E-state index is 12.1. The summed E-state index contributed by atoms with van der Waals surface area (Å²) in [5.41, 5.74) is 0. The van der Waals surface area contributed by atoms with Crippen molar-refractivity contribution in [3.05, 3.63) is 16.3 Å². The van der Waals surface area contributed by atoms with Crippen LogP contribution in [0.5, 0.6) is 0 Å². The average molecular weight is 322 g/mol. The lowest BCUT2D eigenvalue weighted by atomic mass is 10.6. The lowest BCUT2D eigenvalue weighted by molar-refractivity contribution is -0.391. The maximum absolute atomic E-state index is 12.1. The van der Waals surface area contributed by atoms with Gasteiger partial charge in [0.15, 0.2) is 0 Å². The van der Waals surface area contributed by atoms with Crippen LogP contribution >= 0.6 is 11.3 Å². The van der Waals surface area contributed by atoms with Crippen LogP contribution in [-0.2, 0) is 11.8 Å². The van der Waals surface area contributed by atoms with Crippen LogP contribution in [0.2, 0.25) is 0 Å². The molecular weight excluding hydrogens is 317 g/mol. The van der Waals surface area contributed by atoms with Crippen molar-refractivity contribution in [2.45, 2.75) is 6.18 Å². The highest BCUT2D eigenvalue weighted by Gasteiger charge is 2.39. The van der Waals surface area contributed by atoms with E-state index in [1.807, 2.05) is 0 Å². The second kappa shape index (κ2) is 5.08. The Morgan fingerprint density at radius 2 is 2.14 bits per heavy atom. The molecule has 0 saturated carbocycles. The van der Waals surface area contributed by atoms with Crippen molar-refractivity contribution < 1.29 is 22.9 Å². The molecule has 0 unspecified atom stereocenters. The van der Waals surface area contributed by atoms with Gasteiger partial charge in [-0.15, -0.1) is 10.2 Å². The fraction of sp³-hybridized carbons (Fsp3) is 0.250. The Bertz CT molecular complexity index is 708. The minimum absolute atomic E-state index is 0.0306. The van der Waals surface area contributed by atoms with Crippen LogP contribution in [0.3, 0.4) is 0 Å².